The second kappa shape index (κ2) is 6.70. The number of amides is 1. The van der Waals surface area contributed by atoms with E-state index < -0.39 is 0 Å². The van der Waals surface area contributed by atoms with Gasteiger partial charge in [0.25, 0.3) is 0 Å². The van der Waals surface area contributed by atoms with Crippen LogP contribution >= 0.6 is 0 Å². The molecule has 1 amide bonds. The number of ether oxygens (including phenoxy) is 1. The zero-order valence-electron chi connectivity index (χ0n) is 12.1. The van der Waals surface area contributed by atoms with Gasteiger partial charge in [-0.15, -0.1) is 0 Å². The normalized spacial score (nSPS) is 10.0. The summed E-state index contributed by atoms with van der Waals surface area (Å²) in [6.07, 6.45) is 0.343. The summed E-state index contributed by atoms with van der Waals surface area (Å²) in [5.41, 5.74) is 1.49. The van der Waals surface area contributed by atoms with Crippen LogP contribution in [0.2, 0.25) is 0 Å². The molecule has 0 radical (unpaired) electrons. The van der Waals surface area contributed by atoms with Crippen LogP contribution in [0.1, 0.15) is 29.3 Å². The number of benzene rings is 2. The van der Waals surface area contributed by atoms with E-state index >= 15 is 0 Å². The smallest absolute Gasteiger partial charge is 0.224 e. The first-order chi connectivity index (χ1) is 10.2. The van der Waals surface area contributed by atoms with Crippen LogP contribution in [0.3, 0.4) is 0 Å². The SMILES string of the molecule is CCC(=O)Nc1cc(OC)ccc1C(=O)c1ccccc1. The molecule has 2 rings (SSSR count). The third kappa shape index (κ3) is 3.48. The molecule has 0 spiro atoms. The highest BCUT2D eigenvalue weighted by molar-refractivity contribution is 6.14. The summed E-state index contributed by atoms with van der Waals surface area (Å²) in [6.45, 7) is 1.76. The van der Waals surface area contributed by atoms with E-state index in [-0.39, 0.29) is 11.7 Å². The first kappa shape index (κ1) is 14.8. The Labute approximate surface area is 123 Å². The molecule has 0 atom stereocenters. The number of carbonyl (C=O) groups is 2. The number of ketones is 1. The minimum Gasteiger partial charge on any atom is -0.497 e. The molecule has 0 saturated heterocycles. The summed E-state index contributed by atoms with van der Waals surface area (Å²) < 4.78 is 5.15. The summed E-state index contributed by atoms with van der Waals surface area (Å²) in [7, 11) is 1.54. The number of hydrogen-bond acceptors (Lipinski definition) is 3. The van der Waals surface area contributed by atoms with Crippen molar-refractivity contribution in [3.05, 3.63) is 59.7 Å². The summed E-state index contributed by atoms with van der Waals surface area (Å²) in [5.74, 6) is 0.307. The molecule has 1 N–H and O–H groups in total. The molecule has 0 aliphatic heterocycles. The average molecular weight is 283 g/mol. The molecule has 108 valence electrons. The first-order valence-electron chi connectivity index (χ1n) is 6.73. The highest BCUT2D eigenvalue weighted by Gasteiger charge is 2.15. The molecule has 4 heteroatoms. The molecule has 0 aliphatic carbocycles. The second-order valence-corrected chi connectivity index (χ2v) is 4.51. The molecule has 0 heterocycles. The Morgan fingerprint density at radius 3 is 2.43 bits per heavy atom. The van der Waals surface area contributed by atoms with E-state index in [1.165, 1.54) is 0 Å². The lowest BCUT2D eigenvalue weighted by molar-refractivity contribution is -0.115. The van der Waals surface area contributed by atoms with Crippen molar-refractivity contribution in [1.82, 2.24) is 0 Å². The Hall–Kier alpha value is -2.62. The topological polar surface area (TPSA) is 55.4 Å². The molecular weight excluding hydrogens is 266 g/mol. The maximum Gasteiger partial charge on any atom is 0.224 e. The van der Waals surface area contributed by atoms with Crippen LogP contribution in [0.5, 0.6) is 5.75 Å². The van der Waals surface area contributed by atoms with E-state index in [9.17, 15) is 9.59 Å². The second-order valence-electron chi connectivity index (χ2n) is 4.51. The summed E-state index contributed by atoms with van der Waals surface area (Å²) in [4.78, 5) is 24.2. The van der Waals surface area contributed by atoms with E-state index in [4.69, 9.17) is 4.74 Å². The fourth-order valence-electron chi connectivity index (χ4n) is 1.94. The van der Waals surface area contributed by atoms with Crippen LogP contribution in [0.25, 0.3) is 0 Å². The lowest BCUT2D eigenvalue weighted by Crippen LogP contribution is -2.14. The third-order valence-electron chi connectivity index (χ3n) is 3.10. The van der Waals surface area contributed by atoms with Gasteiger partial charge < -0.3 is 10.1 Å². The Balaban J connectivity index is 2.42. The molecule has 21 heavy (non-hydrogen) atoms. The minimum absolute atomic E-state index is 0.135. The van der Waals surface area contributed by atoms with Crippen molar-refractivity contribution < 1.29 is 14.3 Å². The highest BCUT2D eigenvalue weighted by Crippen LogP contribution is 2.25. The fraction of sp³-hybridized carbons (Fsp3) is 0.176. The first-order valence-corrected chi connectivity index (χ1v) is 6.73. The molecule has 0 fully saturated rings. The quantitative estimate of drug-likeness (QED) is 0.857. The van der Waals surface area contributed by atoms with Gasteiger partial charge in [-0.05, 0) is 12.1 Å². The van der Waals surface area contributed by atoms with E-state index in [1.807, 2.05) is 6.07 Å². The van der Waals surface area contributed by atoms with Gasteiger partial charge >= 0.3 is 0 Å². The lowest BCUT2D eigenvalue weighted by Gasteiger charge is -2.12. The number of nitrogens with one attached hydrogen (secondary N) is 1. The number of rotatable bonds is 5. The van der Waals surface area contributed by atoms with Gasteiger partial charge in [0, 0.05) is 23.6 Å². The van der Waals surface area contributed by atoms with Gasteiger partial charge in [0.2, 0.25) is 5.91 Å². The van der Waals surface area contributed by atoms with Gasteiger partial charge in [0.15, 0.2) is 5.78 Å². The zero-order chi connectivity index (χ0) is 15.2. The van der Waals surface area contributed by atoms with E-state index in [0.29, 0.717) is 29.0 Å². The van der Waals surface area contributed by atoms with Crippen LogP contribution in [0.4, 0.5) is 5.69 Å². The number of methoxy groups -OCH3 is 1. The molecule has 2 aromatic rings. The highest BCUT2D eigenvalue weighted by atomic mass is 16.5. The van der Waals surface area contributed by atoms with Crippen LogP contribution in [0, 0.1) is 0 Å². The van der Waals surface area contributed by atoms with Crippen molar-refractivity contribution in [3.8, 4) is 5.75 Å². The van der Waals surface area contributed by atoms with Crippen LogP contribution < -0.4 is 10.1 Å². The molecule has 0 aromatic heterocycles. The van der Waals surface area contributed by atoms with Crippen LogP contribution in [-0.2, 0) is 4.79 Å². The maximum absolute atomic E-state index is 12.5. The Kier molecular flexibility index (Phi) is 4.72. The van der Waals surface area contributed by atoms with E-state index in [0.717, 1.165) is 0 Å². The van der Waals surface area contributed by atoms with Crippen molar-refractivity contribution in [2.45, 2.75) is 13.3 Å². The molecule has 2 aromatic carbocycles. The van der Waals surface area contributed by atoms with Crippen molar-refractivity contribution in [2.75, 3.05) is 12.4 Å². The van der Waals surface area contributed by atoms with Crippen molar-refractivity contribution in [3.63, 3.8) is 0 Å². The van der Waals surface area contributed by atoms with Gasteiger partial charge in [0.1, 0.15) is 5.75 Å². The molecule has 0 aliphatic rings. The summed E-state index contributed by atoms with van der Waals surface area (Å²) in [5, 5.41) is 2.75. The average Bonchev–Trinajstić information content (AvgIpc) is 2.54. The monoisotopic (exact) mass is 283 g/mol. The van der Waals surface area contributed by atoms with Gasteiger partial charge in [-0.1, -0.05) is 37.3 Å². The summed E-state index contributed by atoms with van der Waals surface area (Å²) >= 11 is 0. The van der Waals surface area contributed by atoms with E-state index in [1.54, 1.807) is 56.5 Å². The van der Waals surface area contributed by atoms with Crippen molar-refractivity contribution >= 4 is 17.4 Å². The largest absolute Gasteiger partial charge is 0.497 e. The Morgan fingerprint density at radius 1 is 1.10 bits per heavy atom. The molecule has 0 unspecified atom stereocenters. The van der Waals surface area contributed by atoms with E-state index in [2.05, 4.69) is 5.32 Å². The van der Waals surface area contributed by atoms with Crippen LogP contribution in [0.15, 0.2) is 48.5 Å². The molecule has 4 nitrogen and oxygen atoms in total. The maximum atomic E-state index is 12.5. The fourth-order valence-corrected chi connectivity index (χ4v) is 1.94. The van der Waals surface area contributed by atoms with Gasteiger partial charge in [-0.25, -0.2) is 0 Å². The standard InChI is InChI=1S/C17H17NO3/c1-3-16(19)18-15-11-13(21-2)9-10-14(15)17(20)12-7-5-4-6-8-12/h4-11H,3H2,1-2H3,(H,18,19). The van der Waals surface area contributed by atoms with Gasteiger partial charge in [-0.2, -0.15) is 0 Å². The summed E-state index contributed by atoms with van der Waals surface area (Å²) in [6, 6.07) is 14.0. The predicted molar refractivity (Wildman–Crippen MR) is 81.8 cm³/mol. The molecular formula is C17H17NO3. The van der Waals surface area contributed by atoms with Crippen molar-refractivity contribution in [1.29, 1.82) is 0 Å². The zero-order valence-corrected chi connectivity index (χ0v) is 12.1. The lowest BCUT2D eigenvalue weighted by atomic mass is 10.0. The Bertz CT molecular complexity index is 650. The third-order valence-corrected chi connectivity index (χ3v) is 3.10. The van der Waals surface area contributed by atoms with Crippen LogP contribution in [-0.4, -0.2) is 18.8 Å². The number of carbonyl (C=O) groups excluding carboxylic acids is 2. The molecule has 0 bridgehead atoms. The van der Waals surface area contributed by atoms with Gasteiger partial charge in [0.05, 0.1) is 12.8 Å². The molecule has 0 saturated carbocycles. The minimum atomic E-state index is -0.148. The predicted octanol–water partition coefficient (Wildman–Crippen LogP) is 3.27. The van der Waals surface area contributed by atoms with Crippen molar-refractivity contribution in [2.24, 2.45) is 0 Å². The Morgan fingerprint density at radius 2 is 1.81 bits per heavy atom. The number of hydrogen-bond donors (Lipinski definition) is 1. The number of anilines is 1. The van der Waals surface area contributed by atoms with Gasteiger partial charge in [-0.3, -0.25) is 9.59 Å².